The standard InChI is InChI=1S/C13H7BrClF2N3/c14-7-4-12-10(5-8(7)16)19-13(18)20(12)11-2-1-6(15)3-9(11)17/h1-5H,(H2,18,19). The zero-order valence-electron chi connectivity index (χ0n) is 9.87. The van der Waals surface area contributed by atoms with Crippen molar-refractivity contribution in [1.29, 1.82) is 0 Å². The molecule has 0 spiro atoms. The van der Waals surface area contributed by atoms with Gasteiger partial charge in [0.25, 0.3) is 0 Å². The van der Waals surface area contributed by atoms with E-state index in [0.717, 1.165) is 0 Å². The van der Waals surface area contributed by atoms with Gasteiger partial charge in [0, 0.05) is 11.1 Å². The van der Waals surface area contributed by atoms with E-state index < -0.39 is 11.6 Å². The average molecular weight is 359 g/mol. The molecule has 3 nitrogen and oxygen atoms in total. The minimum absolute atomic E-state index is 0.0683. The zero-order valence-corrected chi connectivity index (χ0v) is 12.2. The summed E-state index contributed by atoms with van der Waals surface area (Å²) < 4.78 is 29.2. The Hall–Kier alpha value is -1.66. The highest BCUT2D eigenvalue weighted by Gasteiger charge is 2.15. The van der Waals surface area contributed by atoms with Crippen LogP contribution < -0.4 is 5.73 Å². The lowest BCUT2D eigenvalue weighted by Crippen LogP contribution is -2.03. The number of nitrogen functional groups attached to an aromatic ring is 1. The predicted molar refractivity (Wildman–Crippen MR) is 78.1 cm³/mol. The van der Waals surface area contributed by atoms with Gasteiger partial charge >= 0.3 is 0 Å². The SMILES string of the molecule is Nc1nc2cc(F)c(Br)cc2n1-c1ccc(Cl)cc1F. The Morgan fingerprint density at radius 2 is 1.90 bits per heavy atom. The van der Waals surface area contributed by atoms with E-state index in [1.54, 1.807) is 6.07 Å². The summed E-state index contributed by atoms with van der Waals surface area (Å²) in [4.78, 5) is 4.04. The molecule has 0 radical (unpaired) electrons. The number of fused-ring (bicyclic) bond motifs is 1. The molecule has 0 saturated heterocycles. The van der Waals surface area contributed by atoms with Crippen molar-refractivity contribution < 1.29 is 8.78 Å². The lowest BCUT2D eigenvalue weighted by molar-refractivity contribution is 0.619. The van der Waals surface area contributed by atoms with Crippen LogP contribution in [0.1, 0.15) is 0 Å². The molecule has 3 aromatic rings. The molecule has 0 atom stereocenters. The highest BCUT2D eigenvalue weighted by Crippen LogP contribution is 2.29. The molecule has 7 heteroatoms. The summed E-state index contributed by atoms with van der Waals surface area (Å²) in [6.45, 7) is 0. The third kappa shape index (κ3) is 2.05. The van der Waals surface area contributed by atoms with E-state index in [9.17, 15) is 8.78 Å². The molecule has 1 heterocycles. The van der Waals surface area contributed by atoms with Gasteiger partial charge in [-0.25, -0.2) is 13.8 Å². The van der Waals surface area contributed by atoms with Crippen molar-refractivity contribution in [2.45, 2.75) is 0 Å². The van der Waals surface area contributed by atoms with Crippen LogP contribution in [0.4, 0.5) is 14.7 Å². The fraction of sp³-hybridized carbons (Fsp3) is 0. The molecule has 2 N–H and O–H groups in total. The van der Waals surface area contributed by atoms with Crippen LogP contribution >= 0.6 is 27.5 Å². The largest absolute Gasteiger partial charge is 0.369 e. The average Bonchev–Trinajstić information content (AvgIpc) is 2.66. The van der Waals surface area contributed by atoms with E-state index in [4.69, 9.17) is 17.3 Å². The zero-order chi connectivity index (χ0) is 14.4. The molecule has 0 amide bonds. The van der Waals surface area contributed by atoms with Gasteiger partial charge in [-0.05, 0) is 40.2 Å². The number of benzene rings is 2. The van der Waals surface area contributed by atoms with E-state index in [1.165, 1.54) is 28.8 Å². The maximum Gasteiger partial charge on any atom is 0.206 e. The van der Waals surface area contributed by atoms with E-state index in [-0.39, 0.29) is 21.1 Å². The van der Waals surface area contributed by atoms with Gasteiger partial charge in [-0.1, -0.05) is 11.6 Å². The minimum Gasteiger partial charge on any atom is -0.369 e. The third-order valence-corrected chi connectivity index (χ3v) is 3.72. The second-order valence-corrected chi connectivity index (χ2v) is 5.45. The van der Waals surface area contributed by atoms with E-state index in [2.05, 4.69) is 20.9 Å². The number of aromatic nitrogens is 2. The first-order valence-corrected chi connectivity index (χ1v) is 6.73. The Morgan fingerprint density at radius 3 is 2.60 bits per heavy atom. The number of hydrogen-bond acceptors (Lipinski definition) is 2. The Labute approximate surface area is 126 Å². The Balaban J connectivity index is 2.35. The summed E-state index contributed by atoms with van der Waals surface area (Å²) in [5, 5.41) is 0.279. The molecule has 0 unspecified atom stereocenters. The van der Waals surface area contributed by atoms with Crippen LogP contribution in [0.25, 0.3) is 16.7 Å². The Morgan fingerprint density at radius 1 is 1.15 bits per heavy atom. The van der Waals surface area contributed by atoms with Gasteiger partial charge in [-0.3, -0.25) is 4.57 Å². The normalized spacial score (nSPS) is 11.2. The maximum atomic E-state index is 14.0. The fourth-order valence-corrected chi connectivity index (χ4v) is 2.50. The lowest BCUT2D eigenvalue weighted by atomic mass is 10.2. The second kappa shape index (κ2) is 4.71. The van der Waals surface area contributed by atoms with Crippen LogP contribution in [-0.2, 0) is 0 Å². The van der Waals surface area contributed by atoms with Crippen molar-refractivity contribution in [1.82, 2.24) is 9.55 Å². The van der Waals surface area contributed by atoms with Crippen LogP contribution in [0.3, 0.4) is 0 Å². The summed E-state index contributed by atoms with van der Waals surface area (Å²) in [5.41, 5.74) is 6.85. The predicted octanol–water partition coefficient (Wildman–Crippen LogP) is 4.30. The minimum atomic E-state index is -0.538. The number of halogens is 4. The number of rotatable bonds is 1. The van der Waals surface area contributed by atoms with E-state index in [0.29, 0.717) is 11.0 Å². The summed E-state index contributed by atoms with van der Waals surface area (Å²) in [6, 6.07) is 6.96. The van der Waals surface area contributed by atoms with E-state index in [1.807, 2.05) is 0 Å². The summed E-state index contributed by atoms with van der Waals surface area (Å²) in [6.07, 6.45) is 0. The third-order valence-electron chi connectivity index (χ3n) is 2.87. The van der Waals surface area contributed by atoms with Gasteiger partial charge in [0.1, 0.15) is 11.6 Å². The molecular weight excluding hydrogens is 352 g/mol. The van der Waals surface area contributed by atoms with Crippen molar-refractivity contribution in [2.75, 3.05) is 5.73 Å². The van der Waals surface area contributed by atoms with Crippen molar-refractivity contribution in [2.24, 2.45) is 0 Å². The van der Waals surface area contributed by atoms with E-state index >= 15 is 0 Å². The van der Waals surface area contributed by atoms with Crippen LogP contribution in [0.2, 0.25) is 5.02 Å². The molecular formula is C13H7BrClF2N3. The van der Waals surface area contributed by atoms with Gasteiger partial charge in [0.05, 0.1) is 21.2 Å². The van der Waals surface area contributed by atoms with Crippen LogP contribution in [0, 0.1) is 11.6 Å². The Bertz CT molecular complexity index is 832. The van der Waals surface area contributed by atoms with Crippen molar-refractivity contribution in [3.05, 3.63) is 51.5 Å². The molecule has 0 aliphatic carbocycles. The van der Waals surface area contributed by atoms with Gasteiger partial charge in [0.15, 0.2) is 0 Å². The van der Waals surface area contributed by atoms with Crippen molar-refractivity contribution in [3.63, 3.8) is 0 Å². The molecule has 0 aliphatic rings. The molecule has 3 rings (SSSR count). The number of nitrogens with two attached hydrogens (primary N) is 1. The van der Waals surface area contributed by atoms with Gasteiger partial charge in [-0.15, -0.1) is 0 Å². The molecule has 0 saturated carbocycles. The second-order valence-electron chi connectivity index (χ2n) is 4.16. The molecule has 20 heavy (non-hydrogen) atoms. The quantitative estimate of drug-likeness (QED) is 0.705. The van der Waals surface area contributed by atoms with Gasteiger partial charge < -0.3 is 5.73 Å². The van der Waals surface area contributed by atoms with Crippen molar-refractivity contribution >= 4 is 44.5 Å². The first-order valence-electron chi connectivity index (χ1n) is 5.56. The topological polar surface area (TPSA) is 43.8 Å². The number of hydrogen-bond donors (Lipinski definition) is 1. The smallest absolute Gasteiger partial charge is 0.206 e. The van der Waals surface area contributed by atoms with Gasteiger partial charge in [-0.2, -0.15) is 0 Å². The summed E-state index contributed by atoms with van der Waals surface area (Å²) in [5.74, 6) is -0.929. The molecule has 1 aromatic heterocycles. The monoisotopic (exact) mass is 357 g/mol. The molecule has 0 fully saturated rings. The Kier molecular flexibility index (Phi) is 3.14. The summed E-state index contributed by atoms with van der Waals surface area (Å²) >= 11 is 8.82. The maximum absolute atomic E-state index is 14.0. The first-order chi connectivity index (χ1) is 9.47. The van der Waals surface area contributed by atoms with Crippen LogP contribution in [0.15, 0.2) is 34.8 Å². The number of imidazole rings is 1. The molecule has 0 aliphatic heterocycles. The fourth-order valence-electron chi connectivity index (χ4n) is 2.01. The number of anilines is 1. The highest BCUT2D eigenvalue weighted by atomic mass is 79.9. The lowest BCUT2D eigenvalue weighted by Gasteiger charge is -2.08. The first kappa shape index (κ1) is 13.3. The summed E-state index contributed by atoms with van der Waals surface area (Å²) in [7, 11) is 0. The molecule has 0 bridgehead atoms. The van der Waals surface area contributed by atoms with Crippen LogP contribution in [0.5, 0.6) is 0 Å². The van der Waals surface area contributed by atoms with Gasteiger partial charge in [0.2, 0.25) is 5.95 Å². The molecule has 102 valence electrons. The van der Waals surface area contributed by atoms with Crippen LogP contribution in [-0.4, -0.2) is 9.55 Å². The number of nitrogens with zero attached hydrogens (tertiary/aromatic N) is 2. The van der Waals surface area contributed by atoms with Crippen molar-refractivity contribution in [3.8, 4) is 5.69 Å². The highest BCUT2D eigenvalue weighted by molar-refractivity contribution is 9.10. The molecule has 2 aromatic carbocycles.